The number of nitrogens with one attached hydrogen (secondary N) is 2. The number of rotatable bonds is 8. The summed E-state index contributed by atoms with van der Waals surface area (Å²) in [5, 5.41) is 7.13. The van der Waals surface area contributed by atoms with Crippen molar-refractivity contribution >= 4 is 23.3 Å². The number of aliphatic imine (C=N–C) groups is 2. The van der Waals surface area contributed by atoms with Crippen molar-refractivity contribution in [2.24, 2.45) is 21.6 Å². The van der Waals surface area contributed by atoms with E-state index in [0.717, 1.165) is 26.2 Å². The fraction of sp³-hybridized carbons (Fsp3) is 0.680. The Kier molecular flexibility index (Phi) is 8.26. The fourth-order valence-electron chi connectivity index (χ4n) is 5.43. The summed E-state index contributed by atoms with van der Waals surface area (Å²) in [5.41, 5.74) is 7.41. The van der Waals surface area contributed by atoms with Gasteiger partial charge in [-0.15, -0.1) is 0 Å². The van der Waals surface area contributed by atoms with Crippen LogP contribution in [0.15, 0.2) is 28.2 Å². The predicted molar refractivity (Wildman–Crippen MR) is 139 cm³/mol. The van der Waals surface area contributed by atoms with Crippen LogP contribution in [0.1, 0.15) is 51.9 Å². The highest BCUT2D eigenvalue weighted by molar-refractivity contribution is 6.05. The molecule has 1 aliphatic carbocycles. The molecule has 2 aliphatic heterocycles. The van der Waals surface area contributed by atoms with E-state index in [1.807, 2.05) is 25.1 Å². The Morgan fingerprint density at radius 1 is 1.12 bits per heavy atom. The van der Waals surface area contributed by atoms with Gasteiger partial charge in [0.15, 0.2) is 6.29 Å². The van der Waals surface area contributed by atoms with Crippen LogP contribution in [0, 0.1) is 11.7 Å². The van der Waals surface area contributed by atoms with Crippen LogP contribution in [-0.4, -0.2) is 69.4 Å². The Balaban J connectivity index is 1.56. The second-order valence-electron chi connectivity index (χ2n) is 9.91. The van der Waals surface area contributed by atoms with E-state index in [1.54, 1.807) is 17.0 Å². The van der Waals surface area contributed by atoms with Crippen LogP contribution in [0.2, 0.25) is 0 Å². The molecule has 1 aromatic rings. The Morgan fingerprint density at radius 3 is 2.62 bits per heavy atom. The highest BCUT2D eigenvalue weighted by Gasteiger charge is 2.31. The van der Waals surface area contributed by atoms with Gasteiger partial charge in [-0.2, -0.15) is 4.99 Å². The Bertz CT molecular complexity index is 880. The summed E-state index contributed by atoms with van der Waals surface area (Å²) in [6.45, 7) is 6.00. The smallest absolute Gasteiger partial charge is 0.221 e. The molecule has 2 heterocycles. The molecule has 1 saturated carbocycles. The van der Waals surface area contributed by atoms with Crippen LogP contribution >= 0.6 is 0 Å². The number of nitrogens with zero attached hydrogens (tertiary/aromatic N) is 5. The molecule has 0 bridgehead atoms. The van der Waals surface area contributed by atoms with Gasteiger partial charge in [0.25, 0.3) is 0 Å². The maximum Gasteiger partial charge on any atom is 0.221 e. The first-order chi connectivity index (χ1) is 16.5. The van der Waals surface area contributed by atoms with Gasteiger partial charge in [0, 0.05) is 33.2 Å². The lowest BCUT2D eigenvalue weighted by molar-refractivity contribution is 0.254. The highest BCUT2D eigenvalue weighted by atomic mass is 19.1. The molecule has 2 unspecified atom stereocenters. The molecule has 34 heavy (non-hydrogen) atoms. The third-order valence-corrected chi connectivity index (χ3v) is 7.35. The number of benzene rings is 1. The molecule has 1 saturated heterocycles. The van der Waals surface area contributed by atoms with Crippen molar-refractivity contribution in [2.45, 2.75) is 64.2 Å². The van der Waals surface area contributed by atoms with Crippen LogP contribution in [0.3, 0.4) is 0 Å². The predicted octanol–water partition coefficient (Wildman–Crippen LogP) is 2.91. The zero-order valence-corrected chi connectivity index (χ0v) is 20.9. The van der Waals surface area contributed by atoms with Crippen LogP contribution in [-0.2, 0) is 0 Å². The molecule has 4 rings (SSSR count). The maximum absolute atomic E-state index is 15.0. The molecule has 2 fully saturated rings. The monoisotopic (exact) mass is 472 g/mol. The van der Waals surface area contributed by atoms with Crippen molar-refractivity contribution in [1.82, 2.24) is 15.5 Å². The van der Waals surface area contributed by atoms with E-state index in [4.69, 9.17) is 5.73 Å². The van der Waals surface area contributed by atoms with E-state index < -0.39 is 6.29 Å². The van der Waals surface area contributed by atoms with Gasteiger partial charge >= 0.3 is 0 Å². The topological polar surface area (TPSA) is 84.5 Å². The van der Waals surface area contributed by atoms with Gasteiger partial charge < -0.3 is 16.0 Å². The first kappa shape index (κ1) is 24.7. The van der Waals surface area contributed by atoms with E-state index in [1.165, 1.54) is 44.9 Å². The minimum Gasteiger partial charge on any atom is -0.375 e. The first-order valence-electron chi connectivity index (χ1n) is 12.9. The first-order valence-corrected chi connectivity index (χ1v) is 12.9. The van der Waals surface area contributed by atoms with E-state index >= 15 is 0 Å². The van der Waals surface area contributed by atoms with E-state index in [-0.39, 0.29) is 11.8 Å². The normalized spacial score (nSPS) is 24.2. The van der Waals surface area contributed by atoms with Gasteiger partial charge in [0.1, 0.15) is 5.82 Å². The molecule has 1 aromatic carbocycles. The van der Waals surface area contributed by atoms with Crippen molar-refractivity contribution in [3.63, 3.8) is 0 Å². The second-order valence-corrected chi connectivity index (χ2v) is 9.91. The summed E-state index contributed by atoms with van der Waals surface area (Å²) >= 11 is 0. The number of guanidine groups is 2. The molecular formula is C25H41FN8. The third kappa shape index (κ3) is 5.81. The lowest BCUT2D eigenvalue weighted by Crippen LogP contribution is -2.58. The van der Waals surface area contributed by atoms with Crippen molar-refractivity contribution in [3.8, 4) is 0 Å². The van der Waals surface area contributed by atoms with Gasteiger partial charge in [-0.05, 0) is 62.9 Å². The van der Waals surface area contributed by atoms with E-state index in [2.05, 4.69) is 32.4 Å². The van der Waals surface area contributed by atoms with Gasteiger partial charge in [-0.25, -0.2) is 9.38 Å². The van der Waals surface area contributed by atoms with Crippen molar-refractivity contribution in [2.75, 3.05) is 50.1 Å². The SMILES string of the molecule is CCN1CCCC1CNC1N=C(N)N=C(NCC2CCCCC2)N1c1ccc(N(C)C)c(F)c1. The molecule has 3 aliphatic rings. The maximum atomic E-state index is 15.0. The lowest BCUT2D eigenvalue weighted by atomic mass is 9.89. The number of halogens is 1. The number of likely N-dealkylation sites (N-methyl/N-ethyl adjacent to an activating group) is 1. The number of hydrogen-bond acceptors (Lipinski definition) is 8. The minimum absolute atomic E-state index is 0.240. The van der Waals surface area contributed by atoms with E-state index in [9.17, 15) is 4.39 Å². The largest absolute Gasteiger partial charge is 0.375 e. The third-order valence-electron chi connectivity index (χ3n) is 7.35. The summed E-state index contributed by atoms with van der Waals surface area (Å²) in [7, 11) is 3.68. The molecular weight excluding hydrogens is 431 g/mol. The molecule has 0 amide bonds. The summed E-state index contributed by atoms with van der Waals surface area (Å²) in [4.78, 5) is 15.4. The van der Waals surface area contributed by atoms with E-state index in [0.29, 0.717) is 29.3 Å². The standard InChI is InChI=1S/C25H41FN8/c1-4-33-14-8-11-20(33)17-29-25-31-23(27)30-24(28-16-18-9-6-5-7-10-18)34(25)19-12-13-22(32(2)3)21(26)15-19/h12-13,15,18,20,25,29H,4-11,14,16-17H2,1-3H3,(H3,27,28,30,31). The summed E-state index contributed by atoms with van der Waals surface area (Å²) < 4.78 is 15.0. The molecule has 2 atom stereocenters. The molecule has 8 nitrogen and oxygen atoms in total. The van der Waals surface area contributed by atoms with Crippen molar-refractivity contribution in [1.29, 1.82) is 0 Å². The summed E-state index contributed by atoms with van der Waals surface area (Å²) in [6, 6.07) is 5.76. The Hall–Kier alpha value is -2.39. The number of anilines is 2. The summed E-state index contributed by atoms with van der Waals surface area (Å²) in [6.07, 6.45) is 8.27. The van der Waals surface area contributed by atoms with Gasteiger partial charge in [-0.3, -0.25) is 15.1 Å². The van der Waals surface area contributed by atoms with Crippen LogP contribution in [0.25, 0.3) is 0 Å². The lowest BCUT2D eigenvalue weighted by Gasteiger charge is -2.37. The highest BCUT2D eigenvalue weighted by Crippen LogP contribution is 2.27. The molecule has 4 N–H and O–H groups in total. The molecule has 9 heteroatoms. The average molecular weight is 473 g/mol. The average Bonchev–Trinajstić information content (AvgIpc) is 3.29. The second kappa shape index (κ2) is 11.4. The number of likely N-dealkylation sites (tertiary alicyclic amines) is 1. The molecule has 0 aromatic heterocycles. The quantitative estimate of drug-likeness (QED) is 0.540. The summed E-state index contributed by atoms with van der Waals surface area (Å²) in [5.74, 6) is 1.22. The van der Waals surface area contributed by atoms with Crippen LogP contribution < -0.4 is 26.2 Å². The van der Waals surface area contributed by atoms with Gasteiger partial charge in [0.05, 0.1) is 11.4 Å². The van der Waals surface area contributed by atoms with Crippen LogP contribution in [0.4, 0.5) is 15.8 Å². The zero-order chi connectivity index (χ0) is 24.1. The van der Waals surface area contributed by atoms with Crippen LogP contribution in [0.5, 0.6) is 0 Å². The van der Waals surface area contributed by atoms with Gasteiger partial charge in [-0.1, -0.05) is 26.2 Å². The van der Waals surface area contributed by atoms with Gasteiger partial charge in [0.2, 0.25) is 11.9 Å². The fourth-order valence-corrected chi connectivity index (χ4v) is 5.43. The molecule has 0 radical (unpaired) electrons. The van der Waals surface area contributed by atoms with Crippen molar-refractivity contribution in [3.05, 3.63) is 24.0 Å². The molecule has 188 valence electrons. The zero-order valence-electron chi connectivity index (χ0n) is 20.9. The van der Waals surface area contributed by atoms with Crippen molar-refractivity contribution < 1.29 is 4.39 Å². The number of nitrogens with two attached hydrogens (primary N) is 1. The molecule has 0 spiro atoms. The Morgan fingerprint density at radius 2 is 1.91 bits per heavy atom. The number of hydrogen-bond donors (Lipinski definition) is 3. The minimum atomic E-state index is -0.449. The Labute approximate surface area is 203 Å².